The molecule has 1 aliphatic carbocycles. The molecule has 5 nitrogen and oxygen atoms in total. The van der Waals surface area contributed by atoms with Gasteiger partial charge in [-0.15, -0.1) is 0 Å². The summed E-state index contributed by atoms with van der Waals surface area (Å²) in [4.78, 5) is 12.5. The number of aryl methyl sites for hydroxylation is 1. The van der Waals surface area contributed by atoms with Gasteiger partial charge in [0.1, 0.15) is 11.4 Å². The Labute approximate surface area is 164 Å². The predicted octanol–water partition coefficient (Wildman–Crippen LogP) is 2.97. The molecule has 2 N–H and O–H groups in total. The zero-order valence-electron chi connectivity index (χ0n) is 16.4. The third-order valence-electron chi connectivity index (χ3n) is 5.41. The van der Waals surface area contributed by atoms with Crippen molar-refractivity contribution in [2.75, 3.05) is 20.8 Å². The van der Waals surface area contributed by atoms with Crippen molar-refractivity contribution in [3.63, 3.8) is 0 Å². The van der Waals surface area contributed by atoms with E-state index >= 15 is 0 Å². The number of amides is 1. The molecular weight excluding hydrogens is 361 g/mol. The highest BCUT2D eigenvalue weighted by atomic mass is 19.1. The van der Waals surface area contributed by atoms with Crippen molar-refractivity contribution in [2.45, 2.75) is 31.8 Å². The number of rotatable bonds is 7. The summed E-state index contributed by atoms with van der Waals surface area (Å²) < 4.78 is 24.5. The van der Waals surface area contributed by atoms with Gasteiger partial charge in [0.05, 0.1) is 20.8 Å². The Morgan fingerprint density at radius 3 is 2.61 bits per heavy atom. The minimum Gasteiger partial charge on any atom is -0.493 e. The van der Waals surface area contributed by atoms with Crippen LogP contribution in [0.1, 0.15) is 30.0 Å². The van der Waals surface area contributed by atoms with E-state index in [4.69, 9.17) is 9.47 Å². The van der Waals surface area contributed by atoms with Gasteiger partial charge in [-0.2, -0.15) is 0 Å². The molecule has 0 radical (unpaired) electrons. The van der Waals surface area contributed by atoms with Crippen LogP contribution in [0.15, 0.2) is 36.4 Å². The number of hydrogen-bond donors (Lipinski definition) is 2. The maximum absolute atomic E-state index is 13.8. The number of benzene rings is 2. The Hall–Kier alpha value is -2.60. The van der Waals surface area contributed by atoms with Crippen LogP contribution in [-0.4, -0.2) is 31.8 Å². The lowest BCUT2D eigenvalue weighted by Crippen LogP contribution is -2.41. The van der Waals surface area contributed by atoms with Crippen LogP contribution in [0.25, 0.3) is 0 Å². The van der Waals surface area contributed by atoms with E-state index in [9.17, 15) is 14.3 Å². The van der Waals surface area contributed by atoms with E-state index in [1.165, 1.54) is 6.07 Å². The number of hydrogen-bond acceptors (Lipinski definition) is 4. The highest BCUT2D eigenvalue weighted by Gasteiger charge is 2.38. The maximum Gasteiger partial charge on any atom is 0.223 e. The van der Waals surface area contributed by atoms with Gasteiger partial charge in [-0.25, -0.2) is 4.39 Å². The van der Waals surface area contributed by atoms with Gasteiger partial charge in [0, 0.05) is 5.92 Å². The van der Waals surface area contributed by atoms with Gasteiger partial charge in [0.25, 0.3) is 0 Å². The molecule has 3 rings (SSSR count). The molecule has 0 saturated carbocycles. The van der Waals surface area contributed by atoms with E-state index in [0.29, 0.717) is 36.3 Å². The molecule has 1 aliphatic rings. The first-order valence-corrected chi connectivity index (χ1v) is 9.37. The van der Waals surface area contributed by atoms with Crippen LogP contribution in [0.2, 0.25) is 0 Å². The number of ether oxygens (including phenoxy) is 2. The average molecular weight is 387 g/mol. The molecule has 150 valence electrons. The molecular formula is C22H26FNO4. The van der Waals surface area contributed by atoms with Crippen LogP contribution in [0, 0.1) is 11.7 Å². The molecule has 0 bridgehead atoms. The van der Waals surface area contributed by atoms with Crippen LogP contribution in [0.3, 0.4) is 0 Å². The lowest BCUT2D eigenvalue weighted by atomic mass is 9.94. The van der Waals surface area contributed by atoms with Crippen LogP contribution in [0.5, 0.6) is 11.5 Å². The number of carbonyl (C=O) groups is 1. The second-order valence-corrected chi connectivity index (χ2v) is 7.31. The lowest BCUT2D eigenvalue weighted by molar-refractivity contribution is -0.125. The molecule has 2 unspecified atom stereocenters. The molecule has 2 aromatic rings. The number of carbonyl (C=O) groups excluding carboxylic acids is 1. The van der Waals surface area contributed by atoms with Gasteiger partial charge in [-0.3, -0.25) is 4.79 Å². The van der Waals surface area contributed by atoms with Crippen LogP contribution in [0.4, 0.5) is 4.39 Å². The monoisotopic (exact) mass is 387 g/mol. The fourth-order valence-electron chi connectivity index (χ4n) is 3.71. The van der Waals surface area contributed by atoms with E-state index in [2.05, 4.69) is 5.32 Å². The largest absolute Gasteiger partial charge is 0.493 e. The van der Waals surface area contributed by atoms with Crippen molar-refractivity contribution < 1.29 is 23.8 Å². The van der Waals surface area contributed by atoms with Crippen molar-refractivity contribution in [1.29, 1.82) is 0 Å². The number of methoxy groups -OCH3 is 2. The number of nitrogens with one attached hydrogen (secondary N) is 1. The quantitative estimate of drug-likeness (QED) is 0.767. The average Bonchev–Trinajstić information content (AvgIpc) is 3.03. The Morgan fingerprint density at radius 2 is 1.93 bits per heavy atom. The topological polar surface area (TPSA) is 67.8 Å². The van der Waals surface area contributed by atoms with Crippen molar-refractivity contribution in [3.8, 4) is 11.5 Å². The summed E-state index contributed by atoms with van der Waals surface area (Å²) in [7, 11) is 3.12. The number of halogens is 1. The fraction of sp³-hybridized carbons (Fsp3) is 0.409. The van der Waals surface area contributed by atoms with E-state index < -0.39 is 11.5 Å². The van der Waals surface area contributed by atoms with E-state index in [1.807, 2.05) is 6.07 Å². The van der Waals surface area contributed by atoms with Crippen molar-refractivity contribution in [2.24, 2.45) is 5.92 Å². The Morgan fingerprint density at radius 1 is 1.25 bits per heavy atom. The first-order valence-electron chi connectivity index (χ1n) is 9.37. The zero-order valence-corrected chi connectivity index (χ0v) is 16.4. The zero-order chi connectivity index (χ0) is 20.3. The molecule has 0 heterocycles. The second-order valence-electron chi connectivity index (χ2n) is 7.31. The predicted molar refractivity (Wildman–Crippen MR) is 104 cm³/mol. The minimum absolute atomic E-state index is 0.0932. The molecule has 0 spiro atoms. The molecule has 1 amide bonds. The van der Waals surface area contributed by atoms with Crippen molar-refractivity contribution >= 4 is 5.91 Å². The van der Waals surface area contributed by atoms with Gasteiger partial charge in [0.15, 0.2) is 11.5 Å². The van der Waals surface area contributed by atoms with Crippen molar-refractivity contribution in [3.05, 3.63) is 58.9 Å². The molecule has 0 aliphatic heterocycles. The third-order valence-corrected chi connectivity index (χ3v) is 5.41. The summed E-state index contributed by atoms with van der Waals surface area (Å²) in [6.07, 6.45) is 1.49. The summed E-state index contributed by atoms with van der Waals surface area (Å²) in [5.74, 6) is 0.220. The molecule has 28 heavy (non-hydrogen) atoms. The van der Waals surface area contributed by atoms with E-state index in [1.54, 1.807) is 45.4 Å². The smallest absolute Gasteiger partial charge is 0.223 e. The second kappa shape index (κ2) is 8.19. The molecule has 0 aromatic heterocycles. The van der Waals surface area contributed by atoms with Gasteiger partial charge in [-0.05, 0) is 54.2 Å². The van der Waals surface area contributed by atoms with E-state index in [-0.39, 0.29) is 18.3 Å². The van der Waals surface area contributed by atoms with Gasteiger partial charge >= 0.3 is 0 Å². The van der Waals surface area contributed by atoms with Gasteiger partial charge < -0.3 is 19.9 Å². The van der Waals surface area contributed by atoms with E-state index in [0.717, 1.165) is 11.1 Å². The first kappa shape index (κ1) is 20.1. The first-order chi connectivity index (χ1) is 13.4. The third kappa shape index (κ3) is 3.97. The SMILES string of the molecule is COc1cc2c(cc1OC)C(O)(CNC(=O)C(C)Cc1ccccc1F)CC2. The highest BCUT2D eigenvalue weighted by molar-refractivity contribution is 5.78. The molecule has 2 aromatic carbocycles. The van der Waals surface area contributed by atoms with Gasteiger partial charge in [-0.1, -0.05) is 25.1 Å². The summed E-state index contributed by atoms with van der Waals surface area (Å²) >= 11 is 0. The molecule has 6 heteroatoms. The van der Waals surface area contributed by atoms with Crippen LogP contribution in [-0.2, 0) is 23.2 Å². The molecule has 0 fully saturated rings. The summed E-state index contributed by atoms with van der Waals surface area (Å²) in [6, 6.07) is 10.1. The fourth-order valence-corrected chi connectivity index (χ4v) is 3.71. The Bertz CT molecular complexity index is 870. The molecule has 2 atom stereocenters. The Kier molecular flexibility index (Phi) is 5.89. The van der Waals surface area contributed by atoms with Crippen LogP contribution >= 0.6 is 0 Å². The number of fused-ring (bicyclic) bond motifs is 1. The summed E-state index contributed by atoms with van der Waals surface area (Å²) in [6.45, 7) is 1.85. The standard InChI is InChI=1S/C22H26FNO4/c1-14(10-16-6-4-5-7-18(16)23)21(25)24-13-22(26)9-8-15-11-19(27-2)20(28-3)12-17(15)22/h4-7,11-12,14,26H,8-10,13H2,1-3H3,(H,24,25). The Balaban J connectivity index is 1.68. The molecule has 0 saturated heterocycles. The minimum atomic E-state index is -1.16. The lowest BCUT2D eigenvalue weighted by Gasteiger charge is -2.26. The normalized spacial score (nSPS) is 19.0. The summed E-state index contributed by atoms with van der Waals surface area (Å²) in [5.41, 5.74) is 1.07. The highest BCUT2D eigenvalue weighted by Crippen LogP contribution is 2.42. The maximum atomic E-state index is 13.8. The van der Waals surface area contributed by atoms with Crippen molar-refractivity contribution in [1.82, 2.24) is 5.32 Å². The summed E-state index contributed by atoms with van der Waals surface area (Å²) in [5, 5.41) is 13.9. The number of aliphatic hydroxyl groups is 1. The van der Waals surface area contributed by atoms with Gasteiger partial charge in [0.2, 0.25) is 5.91 Å². The van der Waals surface area contributed by atoms with Crippen LogP contribution < -0.4 is 14.8 Å².